The van der Waals surface area contributed by atoms with Crippen LogP contribution in [0.2, 0.25) is 0 Å². The van der Waals surface area contributed by atoms with Crippen molar-refractivity contribution in [1.82, 2.24) is 14.7 Å². The van der Waals surface area contributed by atoms with Crippen molar-refractivity contribution in [3.05, 3.63) is 51.3 Å². The molecule has 2 aromatic rings. The predicted molar refractivity (Wildman–Crippen MR) is 79.7 cm³/mol. The molecule has 100 valence electrons. The van der Waals surface area contributed by atoms with E-state index in [0.717, 1.165) is 31.7 Å². The quantitative estimate of drug-likeness (QED) is 0.865. The zero-order valence-electron chi connectivity index (χ0n) is 11.4. The standard InChI is InChI=1S/C15H18BrN3/c1-3-13-15(16)14(18(2)17-13)10-19-8-11-6-4-5-7-12(11)9-19/h4-7H,3,8-10H2,1-2H3. The maximum absolute atomic E-state index is 4.56. The number of rotatable bonds is 3. The van der Waals surface area contributed by atoms with Crippen molar-refractivity contribution in [2.75, 3.05) is 0 Å². The number of nitrogens with zero attached hydrogens (tertiary/aromatic N) is 3. The van der Waals surface area contributed by atoms with Gasteiger partial charge in [0.1, 0.15) is 0 Å². The first-order chi connectivity index (χ1) is 9.19. The molecule has 3 nitrogen and oxygen atoms in total. The van der Waals surface area contributed by atoms with Crippen LogP contribution >= 0.6 is 15.9 Å². The van der Waals surface area contributed by atoms with Crippen LogP contribution in [-0.2, 0) is 33.1 Å². The van der Waals surface area contributed by atoms with E-state index in [1.54, 1.807) is 0 Å². The highest BCUT2D eigenvalue weighted by molar-refractivity contribution is 9.10. The SMILES string of the molecule is CCc1nn(C)c(CN2Cc3ccccc3C2)c1Br. The first-order valence-corrected chi connectivity index (χ1v) is 7.47. The lowest BCUT2D eigenvalue weighted by molar-refractivity contribution is 0.267. The van der Waals surface area contributed by atoms with Crippen molar-refractivity contribution in [2.45, 2.75) is 33.0 Å². The van der Waals surface area contributed by atoms with Crippen LogP contribution in [0.4, 0.5) is 0 Å². The zero-order chi connectivity index (χ0) is 13.4. The molecular weight excluding hydrogens is 302 g/mol. The molecule has 1 aliphatic heterocycles. The number of aromatic nitrogens is 2. The molecule has 1 aliphatic rings. The summed E-state index contributed by atoms with van der Waals surface area (Å²) < 4.78 is 3.18. The summed E-state index contributed by atoms with van der Waals surface area (Å²) in [5, 5.41) is 4.56. The Bertz CT molecular complexity index is 578. The van der Waals surface area contributed by atoms with E-state index in [-0.39, 0.29) is 0 Å². The number of aryl methyl sites for hydroxylation is 2. The second kappa shape index (κ2) is 5.10. The minimum atomic E-state index is 0.943. The van der Waals surface area contributed by atoms with Crippen LogP contribution in [0, 0.1) is 0 Å². The molecule has 0 spiro atoms. The Morgan fingerprint density at radius 3 is 2.37 bits per heavy atom. The Kier molecular flexibility index (Phi) is 3.46. The van der Waals surface area contributed by atoms with Gasteiger partial charge in [-0.2, -0.15) is 5.10 Å². The Morgan fingerprint density at radius 2 is 1.84 bits per heavy atom. The maximum Gasteiger partial charge on any atom is 0.0767 e. The largest absolute Gasteiger partial charge is 0.289 e. The topological polar surface area (TPSA) is 21.1 Å². The van der Waals surface area contributed by atoms with Gasteiger partial charge in [0.05, 0.1) is 15.9 Å². The summed E-state index contributed by atoms with van der Waals surface area (Å²) >= 11 is 3.69. The molecule has 0 bridgehead atoms. The van der Waals surface area contributed by atoms with Crippen molar-refractivity contribution in [1.29, 1.82) is 0 Å². The lowest BCUT2D eigenvalue weighted by Crippen LogP contribution is -2.18. The second-order valence-corrected chi connectivity index (χ2v) is 5.89. The van der Waals surface area contributed by atoms with Crippen molar-refractivity contribution in [3.8, 4) is 0 Å². The molecule has 2 heterocycles. The third kappa shape index (κ3) is 2.35. The smallest absolute Gasteiger partial charge is 0.0767 e. The first kappa shape index (κ1) is 12.9. The summed E-state index contributed by atoms with van der Waals surface area (Å²) in [6.45, 7) is 5.16. The molecule has 3 rings (SSSR count). The number of hydrogen-bond acceptors (Lipinski definition) is 2. The Hall–Kier alpha value is -1.13. The van der Waals surface area contributed by atoms with Gasteiger partial charge in [-0.15, -0.1) is 0 Å². The van der Waals surface area contributed by atoms with E-state index in [1.807, 2.05) is 11.7 Å². The molecule has 0 amide bonds. The summed E-state index contributed by atoms with van der Waals surface area (Å²) in [5.74, 6) is 0. The van der Waals surface area contributed by atoms with Gasteiger partial charge in [0.25, 0.3) is 0 Å². The summed E-state index contributed by atoms with van der Waals surface area (Å²) in [6.07, 6.45) is 0.967. The van der Waals surface area contributed by atoms with E-state index in [4.69, 9.17) is 0 Å². The second-order valence-electron chi connectivity index (χ2n) is 5.10. The van der Waals surface area contributed by atoms with Gasteiger partial charge in [-0.05, 0) is 33.5 Å². The van der Waals surface area contributed by atoms with Crippen LogP contribution < -0.4 is 0 Å². The fourth-order valence-corrected chi connectivity index (χ4v) is 3.46. The molecule has 0 saturated heterocycles. The Morgan fingerprint density at radius 1 is 1.21 bits per heavy atom. The van der Waals surface area contributed by atoms with E-state index in [1.165, 1.54) is 21.3 Å². The van der Waals surface area contributed by atoms with Crippen molar-refractivity contribution in [3.63, 3.8) is 0 Å². The molecule has 0 saturated carbocycles. The van der Waals surface area contributed by atoms with Crippen LogP contribution in [0.1, 0.15) is 29.4 Å². The number of halogens is 1. The third-order valence-corrected chi connectivity index (χ3v) is 4.70. The van der Waals surface area contributed by atoms with Crippen molar-refractivity contribution >= 4 is 15.9 Å². The number of hydrogen-bond donors (Lipinski definition) is 0. The molecule has 0 aliphatic carbocycles. The molecular formula is C15H18BrN3. The highest BCUT2D eigenvalue weighted by Crippen LogP contribution is 2.27. The minimum Gasteiger partial charge on any atom is -0.289 e. The molecule has 0 fully saturated rings. The Balaban J connectivity index is 1.79. The molecule has 1 aromatic carbocycles. The number of fused-ring (bicyclic) bond motifs is 1. The van der Waals surface area contributed by atoms with Crippen LogP contribution in [0.15, 0.2) is 28.7 Å². The van der Waals surface area contributed by atoms with Gasteiger partial charge < -0.3 is 0 Å². The van der Waals surface area contributed by atoms with E-state index in [0.29, 0.717) is 0 Å². The van der Waals surface area contributed by atoms with Gasteiger partial charge in [-0.25, -0.2) is 0 Å². The van der Waals surface area contributed by atoms with Crippen LogP contribution in [-0.4, -0.2) is 14.7 Å². The average molecular weight is 320 g/mol. The molecule has 0 N–H and O–H groups in total. The first-order valence-electron chi connectivity index (χ1n) is 6.68. The molecule has 0 atom stereocenters. The molecule has 19 heavy (non-hydrogen) atoms. The van der Waals surface area contributed by atoms with Gasteiger partial charge >= 0.3 is 0 Å². The third-order valence-electron chi connectivity index (χ3n) is 3.78. The summed E-state index contributed by atoms with van der Waals surface area (Å²) in [7, 11) is 2.03. The predicted octanol–water partition coefficient (Wildman–Crippen LogP) is 3.26. The summed E-state index contributed by atoms with van der Waals surface area (Å²) in [5.41, 5.74) is 5.33. The highest BCUT2D eigenvalue weighted by atomic mass is 79.9. The van der Waals surface area contributed by atoms with Gasteiger partial charge in [-0.1, -0.05) is 31.2 Å². The fourth-order valence-electron chi connectivity index (χ4n) is 2.72. The lowest BCUT2D eigenvalue weighted by atomic mass is 10.1. The van der Waals surface area contributed by atoms with Gasteiger partial charge in [-0.3, -0.25) is 9.58 Å². The van der Waals surface area contributed by atoms with Crippen molar-refractivity contribution in [2.24, 2.45) is 7.05 Å². The van der Waals surface area contributed by atoms with E-state index < -0.39 is 0 Å². The average Bonchev–Trinajstić information content (AvgIpc) is 2.94. The van der Waals surface area contributed by atoms with Gasteiger partial charge in [0.15, 0.2) is 0 Å². The highest BCUT2D eigenvalue weighted by Gasteiger charge is 2.21. The summed E-state index contributed by atoms with van der Waals surface area (Å²) in [4.78, 5) is 2.46. The Labute approximate surface area is 122 Å². The van der Waals surface area contributed by atoms with Crippen LogP contribution in [0.3, 0.4) is 0 Å². The number of benzene rings is 1. The van der Waals surface area contributed by atoms with Crippen LogP contribution in [0.25, 0.3) is 0 Å². The van der Waals surface area contributed by atoms with E-state index >= 15 is 0 Å². The van der Waals surface area contributed by atoms with Gasteiger partial charge in [0, 0.05) is 26.7 Å². The molecule has 4 heteroatoms. The maximum atomic E-state index is 4.56. The lowest BCUT2D eigenvalue weighted by Gasteiger charge is -2.15. The monoisotopic (exact) mass is 319 g/mol. The normalized spacial score (nSPS) is 14.9. The molecule has 0 radical (unpaired) electrons. The van der Waals surface area contributed by atoms with Crippen LogP contribution in [0.5, 0.6) is 0 Å². The van der Waals surface area contributed by atoms with Gasteiger partial charge in [0.2, 0.25) is 0 Å². The van der Waals surface area contributed by atoms with E-state index in [9.17, 15) is 0 Å². The fraction of sp³-hybridized carbons (Fsp3) is 0.400. The molecule has 0 unspecified atom stereocenters. The minimum absolute atomic E-state index is 0.943. The zero-order valence-corrected chi connectivity index (χ0v) is 12.9. The van der Waals surface area contributed by atoms with E-state index in [2.05, 4.69) is 57.1 Å². The molecule has 1 aromatic heterocycles. The van der Waals surface area contributed by atoms with Crippen molar-refractivity contribution < 1.29 is 0 Å². The summed E-state index contributed by atoms with van der Waals surface area (Å²) in [6, 6.07) is 8.70.